The highest BCUT2D eigenvalue weighted by molar-refractivity contribution is 7.89. The molecule has 0 aromatic carbocycles. The standard InChI is InChI=1S/C12H20N4O3S/c1-4-15-20(18,19)8-7-13-10-5-6-14-11(9-10)12(17)16(2)3/h5-6,9,15H,4,7-8H2,1-3H3,(H,13,14). The number of nitrogens with zero attached hydrogens (tertiary/aromatic N) is 2. The molecule has 112 valence electrons. The summed E-state index contributed by atoms with van der Waals surface area (Å²) in [6.45, 7) is 2.36. The van der Waals surface area contributed by atoms with Crippen molar-refractivity contribution in [2.75, 3.05) is 38.3 Å². The summed E-state index contributed by atoms with van der Waals surface area (Å²) in [5.74, 6) is -0.228. The van der Waals surface area contributed by atoms with E-state index in [1.54, 1.807) is 33.2 Å². The van der Waals surface area contributed by atoms with E-state index in [0.29, 0.717) is 17.9 Å². The molecule has 8 heteroatoms. The lowest BCUT2D eigenvalue weighted by molar-refractivity contribution is 0.0822. The minimum Gasteiger partial charge on any atom is -0.384 e. The Bertz CT molecular complexity index is 558. The van der Waals surface area contributed by atoms with Gasteiger partial charge in [0, 0.05) is 39.1 Å². The molecule has 0 unspecified atom stereocenters. The summed E-state index contributed by atoms with van der Waals surface area (Å²) >= 11 is 0. The van der Waals surface area contributed by atoms with Crippen LogP contribution in [0.15, 0.2) is 18.3 Å². The Balaban J connectivity index is 2.62. The van der Waals surface area contributed by atoms with E-state index in [1.807, 2.05) is 0 Å². The minimum atomic E-state index is -3.24. The van der Waals surface area contributed by atoms with Crippen molar-refractivity contribution in [2.45, 2.75) is 6.92 Å². The molecule has 1 aromatic heterocycles. The molecule has 1 aromatic rings. The molecule has 7 nitrogen and oxygen atoms in total. The van der Waals surface area contributed by atoms with Gasteiger partial charge in [-0.1, -0.05) is 6.92 Å². The first-order chi connectivity index (χ1) is 9.35. The van der Waals surface area contributed by atoms with Crippen molar-refractivity contribution in [3.8, 4) is 0 Å². The van der Waals surface area contributed by atoms with Crippen molar-refractivity contribution < 1.29 is 13.2 Å². The summed E-state index contributed by atoms with van der Waals surface area (Å²) in [4.78, 5) is 17.2. The lowest BCUT2D eigenvalue weighted by Gasteiger charge is -2.11. The van der Waals surface area contributed by atoms with Crippen LogP contribution in [0.3, 0.4) is 0 Å². The molecule has 0 fully saturated rings. The molecular weight excluding hydrogens is 280 g/mol. The van der Waals surface area contributed by atoms with Crippen molar-refractivity contribution in [3.05, 3.63) is 24.0 Å². The number of hydrogen-bond donors (Lipinski definition) is 2. The minimum absolute atomic E-state index is 0.0277. The fourth-order valence-corrected chi connectivity index (χ4v) is 2.46. The number of amides is 1. The highest BCUT2D eigenvalue weighted by Crippen LogP contribution is 2.09. The Labute approximate surface area is 119 Å². The zero-order valence-corrected chi connectivity index (χ0v) is 12.7. The van der Waals surface area contributed by atoms with Crippen LogP contribution < -0.4 is 10.0 Å². The smallest absolute Gasteiger partial charge is 0.272 e. The van der Waals surface area contributed by atoms with Crippen LogP contribution >= 0.6 is 0 Å². The Morgan fingerprint density at radius 3 is 2.70 bits per heavy atom. The van der Waals surface area contributed by atoms with Crippen molar-refractivity contribution in [1.29, 1.82) is 0 Å². The molecule has 0 aliphatic rings. The molecule has 0 atom stereocenters. The van der Waals surface area contributed by atoms with E-state index in [4.69, 9.17) is 0 Å². The fraction of sp³-hybridized carbons (Fsp3) is 0.500. The van der Waals surface area contributed by atoms with Gasteiger partial charge in [-0.25, -0.2) is 13.1 Å². The predicted molar refractivity (Wildman–Crippen MR) is 78.2 cm³/mol. The highest BCUT2D eigenvalue weighted by Gasteiger charge is 2.11. The third kappa shape index (κ3) is 5.14. The van der Waals surface area contributed by atoms with Crippen molar-refractivity contribution in [3.63, 3.8) is 0 Å². The molecular formula is C12H20N4O3S. The van der Waals surface area contributed by atoms with Crippen molar-refractivity contribution in [2.24, 2.45) is 0 Å². The van der Waals surface area contributed by atoms with Crippen LogP contribution in [0, 0.1) is 0 Å². The van der Waals surface area contributed by atoms with Crippen LogP contribution in [0.1, 0.15) is 17.4 Å². The molecule has 1 heterocycles. The second-order valence-electron chi connectivity index (χ2n) is 4.37. The number of anilines is 1. The topological polar surface area (TPSA) is 91.4 Å². The lowest BCUT2D eigenvalue weighted by Crippen LogP contribution is -2.29. The zero-order valence-electron chi connectivity index (χ0n) is 11.9. The second kappa shape index (κ2) is 7.20. The van der Waals surface area contributed by atoms with E-state index < -0.39 is 10.0 Å². The summed E-state index contributed by atoms with van der Waals surface area (Å²) in [5, 5.41) is 2.96. The molecule has 0 saturated heterocycles. The van der Waals surface area contributed by atoms with Crippen molar-refractivity contribution >= 4 is 21.6 Å². The molecule has 2 N–H and O–H groups in total. The van der Waals surface area contributed by atoms with Crippen LogP contribution in [0.5, 0.6) is 0 Å². The van der Waals surface area contributed by atoms with E-state index in [0.717, 1.165) is 0 Å². The summed E-state index contributed by atoms with van der Waals surface area (Å²) in [5.41, 5.74) is 0.978. The van der Waals surface area contributed by atoms with E-state index in [9.17, 15) is 13.2 Å². The zero-order chi connectivity index (χ0) is 15.2. The molecule has 1 amide bonds. The van der Waals surface area contributed by atoms with Gasteiger partial charge in [-0.2, -0.15) is 0 Å². The summed E-state index contributed by atoms with van der Waals surface area (Å²) in [6.07, 6.45) is 1.51. The lowest BCUT2D eigenvalue weighted by atomic mass is 10.3. The predicted octanol–water partition coefficient (Wildman–Crippen LogP) is 0.135. The van der Waals surface area contributed by atoms with Gasteiger partial charge in [0.1, 0.15) is 5.69 Å². The Kier molecular flexibility index (Phi) is 5.90. The monoisotopic (exact) mass is 300 g/mol. The molecule has 0 radical (unpaired) electrons. The molecule has 0 saturated carbocycles. The number of rotatable bonds is 7. The maximum absolute atomic E-state index is 11.7. The number of hydrogen-bond acceptors (Lipinski definition) is 5. The maximum atomic E-state index is 11.7. The average Bonchev–Trinajstić information content (AvgIpc) is 2.37. The number of carbonyl (C=O) groups is 1. The van der Waals surface area contributed by atoms with E-state index in [-0.39, 0.29) is 18.2 Å². The third-order valence-corrected chi connectivity index (χ3v) is 3.92. The van der Waals surface area contributed by atoms with Gasteiger partial charge in [0.2, 0.25) is 10.0 Å². The third-order valence-electron chi connectivity index (χ3n) is 2.45. The van der Waals surface area contributed by atoms with Gasteiger partial charge in [-0.05, 0) is 12.1 Å². The number of carbonyl (C=O) groups excluding carboxylic acids is 1. The van der Waals surface area contributed by atoms with Gasteiger partial charge < -0.3 is 10.2 Å². The van der Waals surface area contributed by atoms with Gasteiger partial charge in [0.05, 0.1) is 5.75 Å². The van der Waals surface area contributed by atoms with Gasteiger partial charge in [0.25, 0.3) is 5.91 Å². The molecule has 0 aliphatic heterocycles. The van der Waals surface area contributed by atoms with Crippen molar-refractivity contribution in [1.82, 2.24) is 14.6 Å². The summed E-state index contributed by atoms with van der Waals surface area (Å²) in [7, 11) is 0.0469. The first-order valence-corrected chi connectivity index (χ1v) is 7.90. The van der Waals surface area contributed by atoms with Crippen LogP contribution in [-0.2, 0) is 10.0 Å². The Morgan fingerprint density at radius 2 is 2.10 bits per heavy atom. The van der Waals surface area contributed by atoms with Crippen LogP contribution in [0.2, 0.25) is 0 Å². The van der Waals surface area contributed by atoms with E-state index in [2.05, 4.69) is 15.0 Å². The number of sulfonamides is 1. The Hall–Kier alpha value is -1.67. The molecule has 20 heavy (non-hydrogen) atoms. The molecule has 0 aliphatic carbocycles. The van der Waals surface area contributed by atoms with Gasteiger partial charge >= 0.3 is 0 Å². The quantitative estimate of drug-likeness (QED) is 0.747. The number of nitrogens with one attached hydrogen (secondary N) is 2. The van der Waals surface area contributed by atoms with Crippen LogP contribution in [-0.4, -0.2) is 57.1 Å². The highest BCUT2D eigenvalue weighted by atomic mass is 32.2. The SMILES string of the molecule is CCNS(=O)(=O)CCNc1ccnc(C(=O)N(C)C)c1. The molecule has 0 spiro atoms. The van der Waals surface area contributed by atoms with E-state index >= 15 is 0 Å². The largest absolute Gasteiger partial charge is 0.384 e. The number of pyridine rings is 1. The first kappa shape index (κ1) is 16.4. The van der Waals surface area contributed by atoms with E-state index in [1.165, 1.54) is 11.1 Å². The Morgan fingerprint density at radius 1 is 1.40 bits per heavy atom. The summed E-state index contributed by atoms with van der Waals surface area (Å²) in [6, 6.07) is 3.29. The normalized spacial score (nSPS) is 11.2. The van der Waals surface area contributed by atoms with Crippen LogP contribution in [0.25, 0.3) is 0 Å². The molecule has 0 bridgehead atoms. The first-order valence-electron chi connectivity index (χ1n) is 6.24. The maximum Gasteiger partial charge on any atom is 0.272 e. The fourth-order valence-electron chi connectivity index (χ4n) is 1.51. The second-order valence-corrected chi connectivity index (χ2v) is 6.30. The van der Waals surface area contributed by atoms with Crippen LogP contribution in [0.4, 0.5) is 5.69 Å². The average molecular weight is 300 g/mol. The number of aromatic nitrogens is 1. The summed E-state index contributed by atoms with van der Waals surface area (Å²) < 4.78 is 25.3. The van der Waals surface area contributed by atoms with Gasteiger partial charge in [-0.15, -0.1) is 0 Å². The van der Waals surface area contributed by atoms with Gasteiger partial charge in [0.15, 0.2) is 0 Å². The van der Waals surface area contributed by atoms with Gasteiger partial charge in [-0.3, -0.25) is 9.78 Å². The molecule has 1 rings (SSSR count).